The van der Waals surface area contributed by atoms with Gasteiger partial charge in [-0.1, -0.05) is 26.0 Å². The van der Waals surface area contributed by atoms with Crippen molar-refractivity contribution in [3.05, 3.63) is 29.8 Å². The summed E-state index contributed by atoms with van der Waals surface area (Å²) < 4.78 is 0. The maximum absolute atomic E-state index is 9.55. The summed E-state index contributed by atoms with van der Waals surface area (Å²) in [6.07, 6.45) is 1.72. The van der Waals surface area contributed by atoms with Crippen LogP contribution < -0.4 is 5.32 Å². The first-order valence-corrected chi connectivity index (χ1v) is 6.98. The molecule has 0 fully saturated rings. The van der Waals surface area contributed by atoms with Crippen molar-refractivity contribution in [2.24, 2.45) is 4.99 Å². The zero-order valence-corrected chi connectivity index (χ0v) is 12.0. The molecule has 0 aliphatic heterocycles. The van der Waals surface area contributed by atoms with E-state index in [-0.39, 0.29) is 5.75 Å². The SMILES string of the molecule is CCN(CC)CCNCCN=Cc1ccccc1O. The van der Waals surface area contributed by atoms with Crippen molar-refractivity contribution < 1.29 is 5.11 Å². The van der Waals surface area contributed by atoms with Crippen LogP contribution in [0.2, 0.25) is 0 Å². The van der Waals surface area contributed by atoms with Gasteiger partial charge >= 0.3 is 0 Å². The summed E-state index contributed by atoms with van der Waals surface area (Å²) in [5.74, 6) is 0.278. The van der Waals surface area contributed by atoms with Crippen LogP contribution >= 0.6 is 0 Å². The fourth-order valence-corrected chi connectivity index (χ4v) is 1.81. The van der Waals surface area contributed by atoms with E-state index in [1.807, 2.05) is 12.1 Å². The molecule has 0 aliphatic carbocycles. The molecular formula is C15H25N3O. The van der Waals surface area contributed by atoms with Crippen molar-refractivity contribution in [2.75, 3.05) is 39.3 Å². The maximum Gasteiger partial charge on any atom is 0.124 e. The van der Waals surface area contributed by atoms with Gasteiger partial charge in [-0.15, -0.1) is 0 Å². The van der Waals surface area contributed by atoms with Crippen molar-refractivity contribution >= 4 is 6.21 Å². The summed E-state index contributed by atoms with van der Waals surface area (Å²) in [5.41, 5.74) is 0.769. The Bertz CT molecular complexity index is 375. The quantitative estimate of drug-likeness (QED) is 0.527. The third-order valence-corrected chi connectivity index (χ3v) is 3.08. The van der Waals surface area contributed by atoms with Crippen molar-refractivity contribution in [2.45, 2.75) is 13.8 Å². The van der Waals surface area contributed by atoms with Gasteiger partial charge in [-0.05, 0) is 25.2 Å². The highest BCUT2D eigenvalue weighted by Crippen LogP contribution is 2.12. The topological polar surface area (TPSA) is 47.9 Å². The molecule has 0 unspecified atom stereocenters. The number of hydrogen-bond donors (Lipinski definition) is 2. The van der Waals surface area contributed by atoms with Crippen LogP contribution in [-0.2, 0) is 0 Å². The summed E-state index contributed by atoms with van der Waals surface area (Å²) in [4.78, 5) is 6.69. The lowest BCUT2D eigenvalue weighted by molar-refractivity contribution is 0.303. The summed E-state index contributed by atoms with van der Waals surface area (Å²) in [6.45, 7) is 10.2. The molecule has 4 heteroatoms. The first-order chi connectivity index (χ1) is 9.27. The van der Waals surface area contributed by atoms with E-state index in [0.29, 0.717) is 0 Å². The number of phenolic OH excluding ortho intramolecular Hbond substituents is 1. The monoisotopic (exact) mass is 263 g/mol. The molecule has 0 spiro atoms. The van der Waals surface area contributed by atoms with E-state index < -0.39 is 0 Å². The number of likely N-dealkylation sites (N-methyl/N-ethyl adjacent to an activating group) is 1. The minimum atomic E-state index is 0.278. The van der Waals surface area contributed by atoms with Crippen LogP contribution in [-0.4, -0.2) is 55.5 Å². The number of para-hydroxylation sites is 1. The van der Waals surface area contributed by atoms with Gasteiger partial charge in [0.25, 0.3) is 0 Å². The van der Waals surface area contributed by atoms with E-state index >= 15 is 0 Å². The molecule has 1 aromatic rings. The van der Waals surface area contributed by atoms with Gasteiger partial charge in [0.1, 0.15) is 5.75 Å². The Hall–Kier alpha value is -1.39. The van der Waals surface area contributed by atoms with Crippen LogP contribution in [0.3, 0.4) is 0 Å². The van der Waals surface area contributed by atoms with Crippen LogP contribution in [0.1, 0.15) is 19.4 Å². The van der Waals surface area contributed by atoms with E-state index in [9.17, 15) is 5.11 Å². The smallest absolute Gasteiger partial charge is 0.124 e. The summed E-state index contributed by atoms with van der Waals surface area (Å²) >= 11 is 0. The Morgan fingerprint density at radius 2 is 1.95 bits per heavy atom. The summed E-state index contributed by atoms with van der Waals surface area (Å²) in [6, 6.07) is 7.22. The predicted molar refractivity (Wildman–Crippen MR) is 81.2 cm³/mol. The molecule has 4 nitrogen and oxygen atoms in total. The highest BCUT2D eigenvalue weighted by molar-refractivity contribution is 5.83. The Balaban J connectivity index is 2.13. The molecule has 0 heterocycles. The Morgan fingerprint density at radius 1 is 1.21 bits per heavy atom. The van der Waals surface area contributed by atoms with E-state index in [1.165, 1.54) is 0 Å². The van der Waals surface area contributed by atoms with Crippen LogP contribution in [0, 0.1) is 0 Å². The molecule has 0 saturated carbocycles. The van der Waals surface area contributed by atoms with Crippen molar-refractivity contribution in [1.82, 2.24) is 10.2 Å². The van der Waals surface area contributed by atoms with Crippen molar-refractivity contribution in [3.8, 4) is 5.75 Å². The van der Waals surface area contributed by atoms with Gasteiger partial charge in [0.05, 0.1) is 6.54 Å². The minimum absolute atomic E-state index is 0.278. The van der Waals surface area contributed by atoms with E-state index in [1.54, 1.807) is 18.3 Å². The van der Waals surface area contributed by atoms with Crippen LogP contribution in [0.25, 0.3) is 0 Å². The number of hydrogen-bond acceptors (Lipinski definition) is 4. The molecule has 106 valence electrons. The van der Waals surface area contributed by atoms with Crippen molar-refractivity contribution in [3.63, 3.8) is 0 Å². The molecule has 1 aromatic carbocycles. The summed E-state index contributed by atoms with van der Waals surface area (Å²) in [5, 5.41) is 12.9. The van der Waals surface area contributed by atoms with Gasteiger partial charge in [0.2, 0.25) is 0 Å². The molecule has 0 aliphatic rings. The highest BCUT2D eigenvalue weighted by atomic mass is 16.3. The number of aliphatic imine (C=N–C) groups is 1. The first-order valence-electron chi connectivity index (χ1n) is 6.98. The third-order valence-electron chi connectivity index (χ3n) is 3.08. The van der Waals surface area contributed by atoms with Crippen molar-refractivity contribution in [1.29, 1.82) is 0 Å². The van der Waals surface area contributed by atoms with Gasteiger partial charge in [-0.25, -0.2) is 0 Å². The lowest BCUT2D eigenvalue weighted by Gasteiger charge is -2.17. The third kappa shape index (κ3) is 6.36. The molecule has 2 N–H and O–H groups in total. The second-order valence-electron chi connectivity index (χ2n) is 4.37. The number of nitrogens with one attached hydrogen (secondary N) is 1. The van der Waals surface area contributed by atoms with Crippen LogP contribution in [0.15, 0.2) is 29.3 Å². The van der Waals surface area contributed by atoms with Crippen LogP contribution in [0.5, 0.6) is 5.75 Å². The fourth-order valence-electron chi connectivity index (χ4n) is 1.81. The molecule has 0 amide bonds. The van der Waals surface area contributed by atoms with Gasteiger partial charge in [-0.2, -0.15) is 0 Å². The number of nitrogens with zero attached hydrogens (tertiary/aromatic N) is 2. The molecular weight excluding hydrogens is 238 g/mol. The highest BCUT2D eigenvalue weighted by Gasteiger charge is 1.97. The van der Waals surface area contributed by atoms with Gasteiger partial charge in [0.15, 0.2) is 0 Å². The second kappa shape index (κ2) is 9.53. The normalized spacial score (nSPS) is 11.5. The molecule has 0 saturated heterocycles. The van der Waals surface area contributed by atoms with Gasteiger partial charge in [-0.3, -0.25) is 4.99 Å². The average molecular weight is 263 g/mol. The lowest BCUT2D eigenvalue weighted by atomic mass is 10.2. The molecule has 0 radical (unpaired) electrons. The van der Waals surface area contributed by atoms with Crippen LogP contribution in [0.4, 0.5) is 0 Å². The second-order valence-corrected chi connectivity index (χ2v) is 4.37. The number of phenols is 1. The summed E-state index contributed by atoms with van der Waals surface area (Å²) in [7, 11) is 0. The standard InChI is InChI=1S/C15H25N3O/c1-3-18(4-2)12-11-16-9-10-17-13-14-7-5-6-8-15(14)19/h5-8,13,16,19H,3-4,9-12H2,1-2H3. The zero-order chi connectivity index (χ0) is 13.9. The Labute approximate surface area is 116 Å². The minimum Gasteiger partial charge on any atom is -0.507 e. The largest absolute Gasteiger partial charge is 0.507 e. The van der Waals surface area contributed by atoms with Gasteiger partial charge < -0.3 is 15.3 Å². The number of benzene rings is 1. The predicted octanol–water partition coefficient (Wildman–Crippen LogP) is 1.74. The maximum atomic E-state index is 9.55. The Morgan fingerprint density at radius 3 is 2.63 bits per heavy atom. The molecule has 0 atom stereocenters. The van der Waals surface area contributed by atoms with E-state index in [4.69, 9.17) is 0 Å². The fraction of sp³-hybridized carbons (Fsp3) is 0.533. The lowest BCUT2D eigenvalue weighted by Crippen LogP contribution is -2.32. The molecule has 0 aromatic heterocycles. The van der Waals surface area contributed by atoms with E-state index in [2.05, 4.69) is 29.1 Å². The molecule has 1 rings (SSSR count). The zero-order valence-electron chi connectivity index (χ0n) is 12.0. The Kier molecular flexibility index (Phi) is 7.86. The molecule has 19 heavy (non-hydrogen) atoms. The first kappa shape index (κ1) is 15.7. The van der Waals surface area contributed by atoms with Gasteiger partial charge in [0, 0.05) is 31.4 Å². The average Bonchev–Trinajstić information content (AvgIpc) is 2.44. The number of aromatic hydroxyl groups is 1. The van der Waals surface area contributed by atoms with E-state index in [0.717, 1.165) is 44.8 Å². The number of rotatable bonds is 9. The molecule has 0 bridgehead atoms.